The monoisotopic (exact) mass is 297 g/mol. The topological polar surface area (TPSA) is 0 Å². The number of hydrogen-bond donors (Lipinski definition) is 0. The van der Waals surface area contributed by atoms with Gasteiger partial charge in [0.1, 0.15) is 0 Å². The summed E-state index contributed by atoms with van der Waals surface area (Å²) in [5, 5.41) is 0. The van der Waals surface area contributed by atoms with Gasteiger partial charge in [0.05, 0.1) is 26.7 Å². The fourth-order valence-corrected chi connectivity index (χ4v) is 2.24. The number of likely N-dealkylation sites (tertiary alicyclic amines) is 1. The number of rotatable bonds is 4. The lowest BCUT2D eigenvalue weighted by Gasteiger charge is -2.37. The van der Waals surface area contributed by atoms with Gasteiger partial charge >= 0.3 is 0 Å². The van der Waals surface area contributed by atoms with E-state index in [1.807, 2.05) is 0 Å². The molecule has 1 aliphatic heterocycles. The molecule has 1 saturated heterocycles. The molecule has 1 nitrogen and oxygen atoms in total. The summed E-state index contributed by atoms with van der Waals surface area (Å²) in [6.45, 7) is 6.58. The van der Waals surface area contributed by atoms with Gasteiger partial charge < -0.3 is 28.5 Å². The van der Waals surface area contributed by atoms with Gasteiger partial charge in [0, 0.05) is 0 Å². The summed E-state index contributed by atoms with van der Waals surface area (Å²) >= 11 is 0. The Labute approximate surface area is 100 Å². The van der Waals surface area contributed by atoms with Gasteiger partial charge in [-0.3, -0.25) is 0 Å². The normalized spacial score (nSPS) is 20.8. The maximum atomic E-state index is 2.44. The Morgan fingerprint density at radius 3 is 2.15 bits per heavy atom. The second-order valence-electron chi connectivity index (χ2n) is 4.56. The Kier molecular flexibility index (Phi) is 7.42. The zero-order chi connectivity index (χ0) is 8.86. The van der Waals surface area contributed by atoms with Gasteiger partial charge in [-0.25, -0.2) is 0 Å². The van der Waals surface area contributed by atoms with Gasteiger partial charge in [0.25, 0.3) is 0 Å². The molecular formula is C11H24IN. The zero-order valence-electron chi connectivity index (χ0n) is 9.19. The molecule has 80 valence electrons. The summed E-state index contributed by atoms with van der Waals surface area (Å²) in [6.07, 6.45) is 8.62. The molecule has 0 aromatic rings. The van der Waals surface area contributed by atoms with E-state index in [2.05, 4.69) is 14.0 Å². The first-order valence-corrected chi connectivity index (χ1v) is 5.60. The fraction of sp³-hybridized carbons (Fsp3) is 1.00. The smallest absolute Gasteiger partial charge is 0.0784 e. The molecule has 1 heterocycles. The molecule has 0 aliphatic carbocycles. The third kappa shape index (κ3) is 5.21. The molecule has 0 saturated carbocycles. The number of unbranched alkanes of at least 4 members (excludes halogenated alkanes) is 2. The van der Waals surface area contributed by atoms with Crippen LogP contribution < -0.4 is 24.0 Å². The van der Waals surface area contributed by atoms with Crippen molar-refractivity contribution in [1.29, 1.82) is 0 Å². The van der Waals surface area contributed by atoms with Crippen LogP contribution in [0.25, 0.3) is 0 Å². The first kappa shape index (κ1) is 13.7. The van der Waals surface area contributed by atoms with Gasteiger partial charge in [0.2, 0.25) is 0 Å². The van der Waals surface area contributed by atoms with Crippen LogP contribution in [0.1, 0.15) is 45.4 Å². The van der Waals surface area contributed by atoms with Gasteiger partial charge in [0.15, 0.2) is 0 Å². The van der Waals surface area contributed by atoms with Crippen LogP contribution >= 0.6 is 0 Å². The van der Waals surface area contributed by atoms with Crippen molar-refractivity contribution >= 4 is 0 Å². The van der Waals surface area contributed by atoms with Crippen molar-refractivity contribution in [2.24, 2.45) is 0 Å². The largest absolute Gasteiger partial charge is 1.00 e. The van der Waals surface area contributed by atoms with Gasteiger partial charge in [-0.05, 0) is 32.1 Å². The van der Waals surface area contributed by atoms with Crippen LogP contribution in [0.15, 0.2) is 0 Å². The highest BCUT2D eigenvalue weighted by Crippen LogP contribution is 2.17. The van der Waals surface area contributed by atoms with E-state index in [4.69, 9.17) is 0 Å². The van der Waals surface area contributed by atoms with Crippen LogP contribution in [0, 0.1) is 0 Å². The number of halogens is 1. The standard InChI is InChI=1S/C11H24N.HI/c1-3-4-6-9-12(2)10-7-5-8-11-12;/h3-11H2,1-2H3;1H/q+1;/p-1. The molecule has 0 atom stereocenters. The summed E-state index contributed by atoms with van der Waals surface area (Å²) in [7, 11) is 2.44. The van der Waals surface area contributed by atoms with E-state index in [1.54, 1.807) is 0 Å². The number of piperidine rings is 1. The molecule has 2 heteroatoms. The predicted octanol–water partition coefficient (Wildman–Crippen LogP) is -0.189. The third-order valence-electron chi connectivity index (χ3n) is 3.20. The van der Waals surface area contributed by atoms with E-state index in [-0.39, 0.29) is 24.0 Å². The lowest BCUT2D eigenvalue weighted by atomic mass is 10.1. The summed E-state index contributed by atoms with van der Waals surface area (Å²) in [4.78, 5) is 0. The first-order chi connectivity index (χ1) is 5.77. The zero-order valence-corrected chi connectivity index (χ0v) is 11.3. The molecule has 0 aromatic carbocycles. The molecule has 13 heavy (non-hydrogen) atoms. The van der Waals surface area contributed by atoms with Crippen molar-refractivity contribution in [3.05, 3.63) is 0 Å². The summed E-state index contributed by atoms with van der Waals surface area (Å²) in [5.74, 6) is 0. The second-order valence-corrected chi connectivity index (χ2v) is 4.56. The van der Waals surface area contributed by atoms with Crippen molar-refractivity contribution in [3.8, 4) is 0 Å². The third-order valence-corrected chi connectivity index (χ3v) is 3.20. The molecular weight excluding hydrogens is 273 g/mol. The Morgan fingerprint density at radius 1 is 1.00 bits per heavy atom. The Balaban J connectivity index is 0.00000144. The van der Waals surface area contributed by atoms with Crippen molar-refractivity contribution in [1.82, 2.24) is 0 Å². The Bertz CT molecular complexity index is 119. The maximum absolute atomic E-state index is 2.44. The maximum Gasteiger partial charge on any atom is 0.0784 e. The second kappa shape index (κ2) is 7.04. The summed E-state index contributed by atoms with van der Waals surface area (Å²) in [5.41, 5.74) is 0. The number of nitrogens with zero attached hydrogens (tertiary/aromatic N) is 1. The first-order valence-electron chi connectivity index (χ1n) is 5.60. The fourth-order valence-electron chi connectivity index (χ4n) is 2.24. The van der Waals surface area contributed by atoms with Crippen LogP contribution in [-0.2, 0) is 0 Å². The van der Waals surface area contributed by atoms with Crippen LogP contribution in [0.4, 0.5) is 0 Å². The van der Waals surface area contributed by atoms with E-state index in [0.29, 0.717) is 0 Å². The number of hydrogen-bond acceptors (Lipinski definition) is 0. The molecule has 0 radical (unpaired) electrons. The van der Waals surface area contributed by atoms with Gasteiger partial charge in [-0.15, -0.1) is 0 Å². The highest BCUT2D eigenvalue weighted by Gasteiger charge is 2.23. The highest BCUT2D eigenvalue weighted by molar-refractivity contribution is 4.51. The SMILES string of the molecule is CCCCC[N+]1(C)CCCCC1.[I-]. The van der Waals surface area contributed by atoms with Crippen LogP contribution in [0.5, 0.6) is 0 Å². The molecule has 0 amide bonds. The van der Waals surface area contributed by atoms with Crippen LogP contribution in [0.2, 0.25) is 0 Å². The van der Waals surface area contributed by atoms with E-state index >= 15 is 0 Å². The van der Waals surface area contributed by atoms with Gasteiger partial charge in [-0.1, -0.05) is 13.3 Å². The van der Waals surface area contributed by atoms with E-state index in [1.165, 1.54) is 62.6 Å². The average Bonchev–Trinajstić information content (AvgIpc) is 2.06. The molecule has 1 rings (SSSR count). The van der Waals surface area contributed by atoms with Crippen molar-refractivity contribution in [3.63, 3.8) is 0 Å². The quantitative estimate of drug-likeness (QED) is 0.383. The number of quaternary nitrogens is 1. The van der Waals surface area contributed by atoms with Crippen LogP contribution in [-0.4, -0.2) is 31.2 Å². The molecule has 1 aliphatic rings. The highest BCUT2D eigenvalue weighted by atomic mass is 127. The predicted molar refractivity (Wildman–Crippen MR) is 54.2 cm³/mol. The van der Waals surface area contributed by atoms with Crippen molar-refractivity contribution in [2.45, 2.75) is 45.4 Å². The summed E-state index contributed by atoms with van der Waals surface area (Å²) < 4.78 is 1.36. The van der Waals surface area contributed by atoms with E-state index in [0.717, 1.165) is 0 Å². The minimum Gasteiger partial charge on any atom is -1.00 e. The Hall–Kier alpha value is 0.690. The summed E-state index contributed by atoms with van der Waals surface area (Å²) in [6, 6.07) is 0. The van der Waals surface area contributed by atoms with Gasteiger partial charge in [-0.2, -0.15) is 0 Å². The van der Waals surface area contributed by atoms with Crippen molar-refractivity contribution < 1.29 is 28.5 Å². The lowest BCUT2D eigenvalue weighted by Crippen LogP contribution is -3.00. The molecule has 0 unspecified atom stereocenters. The lowest BCUT2D eigenvalue weighted by molar-refractivity contribution is -0.914. The molecule has 0 bridgehead atoms. The van der Waals surface area contributed by atoms with Crippen molar-refractivity contribution in [2.75, 3.05) is 26.7 Å². The molecule has 0 N–H and O–H groups in total. The molecule has 0 spiro atoms. The minimum atomic E-state index is 0. The Morgan fingerprint density at radius 2 is 1.62 bits per heavy atom. The minimum absolute atomic E-state index is 0. The average molecular weight is 297 g/mol. The molecule has 0 aromatic heterocycles. The van der Waals surface area contributed by atoms with Crippen LogP contribution in [0.3, 0.4) is 0 Å². The van der Waals surface area contributed by atoms with E-state index < -0.39 is 0 Å². The van der Waals surface area contributed by atoms with E-state index in [9.17, 15) is 0 Å². The molecule has 1 fully saturated rings.